The molecule has 0 amide bonds. The predicted molar refractivity (Wildman–Crippen MR) is 232 cm³/mol. The van der Waals surface area contributed by atoms with Crippen LogP contribution in [0, 0.1) is 50.2 Å². The quantitative estimate of drug-likeness (QED) is 0.104. The summed E-state index contributed by atoms with van der Waals surface area (Å²) in [6.07, 6.45) is -18.6. The molecule has 12 N–H and O–H groups in total. The van der Waals surface area contributed by atoms with E-state index in [1.54, 1.807) is 6.92 Å². The van der Waals surface area contributed by atoms with Crippen molar-refractivity contribution < 1.29 is 94.5 Å². The normalized spacial score (nSPS) is 56.4. The predicted octanol–water partition coefficient (Wildman–Crippen LogP) is -0.325. The van der Waals surface area contributed by atoms with Crippen molar-refractivity contribution in [2.24, 2.45) is 50.2 Å². The van der Waals surface area contributed by atoms with Crippen LogP contribution in [0.1, 0.15) is 107 Å². The minimum absolute atomic E-state index is 0.00640. The summed E-state index contributed by atoms with van der Waals surface area (Å²) in [5.74, 6) is -1.52. The Hall–Kier alpha value is -1.47. The van der Waals surface area contributed by atoms with Crippen molar-refractivity contribution in [1.29, 1.82) is 0 Å². The highest BCUT2D eigenvalue weighted by Gasteiger charge is 2.71. The molecule has 0 spiro atoms. The third-order valence-electron chi connectivity index (χ3n) is 19.7. The summed E-state index contributed by atoms with van der Waals surface area (Å²) in [5.41, 5.74) is -1.55. The molecule has 0 aromatic rings. The molecule has 67 heavy (non-hydrogen) atoms. The number of carboxylic acids is 1. The Bertz CT molecular complexity index is 1850. The van der Waals surface area contributed by atoms with Gasteiger partial charge in [-0.3, -0.25) is 0 Å². The van der Waals surface area contributed by atoms with E-state index in [-0.39, 0.29) is 40.6 Å². The summed E-state index contributed by atoms with van der Waals surface area (Å²) in [6, 6.07) is 0. The first kappa shape index (κ1) is 51.9. The first-order valence-electron chi connectivity index (χ1n) is 24.4. The molecule has 8 aliphatic rings. The molecule has 8 rings (SSSR count). The highest BCUT2D eigenvalue weighted by molar-refractivity contribution is 5.73. The Labute approximate surface area is 392 Å². The Morgan fingerprint density at radius 1 is 0.672 bits per heavy atom. The molecule has 26 atom stereocenters. The summed E-state index contributed by atoms with van der Waals surface area (Å²) in [4.78, 5) is 12.3. The summed E-state index contributed by atoms with van der Waals surface area (Å²) in [6.45, 7) is 15.8. The lowest BCUT2D eigenvalue weighted by atomic mass is 9.33. The van der Waals surface area contributed by atoms with Crippen molar-refractivity contribution in [2.75, 3.05) is 13.2 Å². The Balaban J connectivity index is 1.04. The molecule has 3 heterocycles. The topological polar surface area (TPSA) is 315 Å². The number of ether oxygens (including phenoxy) is 6. The van der Waals surface area contributed by atoms with Crippen molar-refractivity contribution in [3.05, 3.63) is 11.6 Å². The number of carboxylic acid groups (broad SMARTS) is 1. The molecule has 4 saturated carbocycles. The number of aliphatic carboxylic acids is 1. The van der Waals surface area contributed by atoms with Crippen molar-refractivity contribution in [3.63, 3.8) is 0 Å². The summed E-state index contributed by atoms with van der Waals surface area (Å²) < 4.78 is 36.2. The fourth-order valence-electron chi connectivity index (χ4n) is 15.2. The molecule has 0 aromatic carbocycles. The van der Waals surface area contributed by atoms with Gasteiger partial charge in [-0.05, 0) is 97.7 Å². The van der Waals surface area contributed by atoms with Gasteiger partial charge in [0.25, 0.3) is 0 Å². The van der Waals surface area contributed by atoms with Crippen LogP contribution in [-0.4, -0.2) is 191 Å². The van der Waals surface area contributed by atoms with Gasteiger partial charge in [-0.1, -0.05) is 60.1 Å². The maximum Gasteiger partial charge on any atom is 0.335 e. The van der Waals surface area contributed by atoms with Crippen LogP contribution in [0.3, 0.4) is 0 Å². The van der Waals surface area contributed by atoms with Crippen LogP contribution < -0.4 is 0 Å². The number of carbonyl (C=O) groups is 1. The number of aliphatic hydroxyl groups is 11. The largest absolute Gasteiger partial charge is 0.479 e. The van der Waals surface area contributed by atoms with Crippen LogP contribution in [0.2, 0.25) is 0 Å². The smallest absolute Gasteiger partial charge is 0.335 e. The first-order valence-corrected chi connectivity index (χ1v) is 24.4. The SMILES string of the molecule is C[C@@H]1O[C@@H](O[C@@H]2[C@@H](O)[C@]3(C)CC[C@]4(C)C(=CC[C@@H]5[C@@]6(C)CC[C@H](O[C@@H]7O[C@H](C(=O)O)[C@@H](O)[C@H](O)[C@H]7O[C@@H]7O[C@H](CO)[C@H](O)[C@H](O)[C@H]7O)[C@](C)(CO)[C@@H]6CC[C@]54C)[C@H]3CC2(C)C)[C@H](O)[C@H](O)[C@H]1O. The van der Waals surface area contributed by atoms with Crippen molar-refractivity contribution >= 4 is 5.97 Å². The van der Waals surface area contributed by atoms with E-state index in [1.807, 2.05) is 6.92 Å². The maximum atomic E-state index is 12.4. The van der Waals surface area contributed by atoms with Gasteiger partial charge in [-0.2, -0.15) is 0 Å². The van der Waals surface area contributed by atoms with Crippen molar-refractivity contribution in [1.82, 2.24) is 0 Å². The molecule has 0 radical (unpaired) electrons. The number of fused-ring (bicyclic) bond motifs is 7. The van der Waals surface area contributed by atoms with Crippen molar-refractivity contribution in [2.45, 2.75) is 217 Å². The second kappa shape index (κ2) is 17.9. The van der Waals surface area contributed by atoms with Crippen LogP contribution in [-0.2, 0) is 33.2 Å². The van der Waals surface area contributed by atoms with E-state index in [4.69, 9.17) is 28.4 Å². The molecule has 384 valence electrons. The van der Waals surface area contributed by atoms with Gasteiger partial charge >= 0.3 is 5.97 Å². The zero-order valence-corrected chi connectivity index (χ0v) is 40.0. The van der Waals surface area contributed by atoms with Gasteiger partial charge in [-0.25, -0.2) is 4.79 Å². The van der Waals surface area contributed by atoms with E-state index in [0.29, 0.717) is 32.1 Å². The Morgan fingerprint density at radius 2 is 1.31 bits per heavy atom. The van der Waals surface area contributed by atoms with Gasteiger partial charge in [0.2, 0.25) is 0 Å². The van der Waals surface area contributed by atoms with Gasteiger partial charge < -0.3 is 89.7 Å². The van der Waals surface area contributed by atoms with Gasteiger partial charge in [-0.15, -0.1) is 0 Å². The fraction of sp³-hybridized carbons (Fsp3) is 0.938. The molecule has 0 bridgehead atoms. The second-order valence-electron chi connectivity index (χ2n) is 23.6. The third kappa shape index (κ3) is 7.83. The zero-order chi connectivity index (χ0) is 49.3. The molecule has 5 aliphatic carbocycles. The van der Waals surface area contributed by atoms with Crippen LogP contribution in [0.15, 0.2) is 11.6 Å². The average Bonchev–Trinajstić information content (AvgIpc) is 3.27. The van der Waals surface area contributed by atoms with E-state index in [1.165, 1.54) is 5.57 Å². The number of rotatable bonds is 9. The van der Waals surface area contributed by atoms with Crippen LogP contribution in [0.25, 0.3) is 0 Å². The number of hydrogen-bond acceptors (Lipinski definition) is 18. The van der Waals surface area contributed by atoms with Crippen LogP contribution in [0.4, 0.5) is 0 Å². The molecule has 19 heteroatoms. The summed E-state index contributed by atoms with van der Waals surface area (Å²) in [7, 11) is 0. The van der Waals surface area contributed by atoms with E-state index >= 15 is 0 Å². The highest BCUT2D eigenvalue weighted by atomic mass is 16.8. The zero-order valence-electron chi connectivity index (χ0n) is 40.0. The van der Waals surface area contributed by atoms with E-state index in [9.17, 15) is 66.1 Å². The average molecular weight is 959 g/mol. The first-order chi connectivity index (χ1) is 31.2. The lowest BCUT2D eigenvalue weighted by Gasteiger charge is -2.72. The number of aliphatic hydroxyl groups excluding tert-OH is 11. The minimum Gasteiger partial charge on any atom is -0.479 e. The minimum atomic E-state index is -2.01. The van der Waals surface area contributed by atoms with E-state index in [0.717, 1.165) is 19.3 Å². The highest BCUT2D eigenvalue weighted by Crippen LogP contribution is 2.76. The molecular weight excluding hydrogens is 881 g/mol. The molecule has 0 unspecified atom stereocenters. The standard InChI is InChI=1S/C48H78O19/c1-20-27(51)29(53)33(57)40(62-20)67-38-37(59)44(4)15-16-47(7)21(22(44)17-43(38,2)3)9-10-25-45(5)13-12-26(46(6,19-50)24(45)11-14-48(25,47)8)64-42-36(32(56)31(55)35(65-42)39(60)61)66-41-34(58)30(54)28(52)23(18-49)63-41/h9,20,22-38,40-42,49-59H,10-19H2,1-8H3,(H,60,61)/t20-,22+,23+,24+,25+,26-,27-,28-,29+,30-,31-,32-,33+,34+,35-,36+,37+,38+,40-,41-,42+,44+,45-,46+,47+,48+/m0/s1. The third-order valence-corrected chi connectivity index (χ3v) is 19.7. The molecule has 0 aromatic heterocycles. The molecule has 3 aliphatic heterocycles. The van der Waals surface area contributed by atoms with E-state index < -0.39 is 139 Å². The van der Waals surface area contributed by atoms with Gasteiger partial charge in [0.05, 0.1) is 37.6 Å². The fourth-order valence-corrected chi connectivity index (χ4v) is 15.2. The lowest BCUT2D eigenvalue weighted by molar-refractivity contribution is -0.375. The molecule has 7 fully saturated rings. The van der Waals surface area contributed by atoms with E-state index in [2.05, 4.69) is 47.6 Å². The van der Waals surface area contributed by atoms with Gasteiger partial charge in [0.1, 0.15) is 61.0 Å². The number of hydrogen-bond donors (Lipinski definition) is 12. The summed E-state index contributed by atoms with van der Waals surface area (Å²) >= 11 is 0. The second-order valence-corrected chi connectivity index (χ2v) is 23.6. The lowest BCUT2D eigenvalue weighted by Crippen LogP contribution is -2.69. The van der Waals surface area contributed by atoms with Crippen LogP contribution >= 0.6 is 0 Å². The number of allylic oxidation sites excluding steroid dienone is 2. The van der Waals surface area contributed by atoms with Gasteiger partial charge in [0, 0.05) is 10.8 Å². The maximum absolute atomic E-state index is 12.4. The molecule has 19 nitrogen and oxygen atoms in total. The Kier molecular flexibility index (Phi) is 13.9. The van der Waals surface area contributed by atoms with Crippen molar-refractivity contribution in [3.8, 4) is 0 Å². The van der Waals surface area contributed by atoms with Gasteiger partial charge in [0.15, 0.2) is 25.0 Å². The van der Waals surface area contributed by atoms with Crippen LogP contribution in [0.5, 0.6) is 0 Å². The summed E-state index contributed by atoms with van der Waals surface area (Å²) in [5, 5.41) is 129. The molecular formula is C48H78O19. The molecule has 3 saturated heterocycles. The Morgan fingerprint density at radius 3 is 1.94 bits per heavy atom. The monoisotopic (exact) mass is 959 g/mol.